The van der Waals surface area contributed by atoms with Gasteiger partial charge in [-0.15, -0.1) is 0 Å². The van der Waals surface area contributed by atoms with Gasteiger partial charge in [-0.3, -0.25) is 4.98 Å². The second-order valence-corrected chi connectivity index (χ2v) is 4.34. The molecule has 4 heteroatoms. The molecule has 2 aromatic rings. The zero-order valence-corrected chi connectivity index (χ0v) is 9.52. The van der Waals surface area contributed by atoms with Crippen LogP contribution < -0.4 is 11.1 Å². The van der Waals surface area contributed by atoms with Crippen LogP contribution in [0, 0.1) is 0 Å². The van der Waals surface area contributed by atoms with Crippen LogP contribution in [-0.2, 0) is 4.74 Å². The Bertz CT molecular complexity index is 535. The minimum absolute atomic E-state index is 0.401. The summed E-state index contributed by atoms with van der Waals surface area (Å²) in [6.07, 6.45) is 2.86. The maximum atomic E-state index is 5.76. The largest absolute Gasteiger partial charge is 0.399 e. The van der Waals surface area contributed by atoms with E-state index in [0.29, 0.717) is 6.04 Å². The van der Waals surface area contributed by atoms with Crippen molar-refractivity contribution < 1.29 is 4.74 Å². The Labute approximate surface area is 99.8 Å². The van der Waals surface area contributed by atoms with Crippen molar-refractivity contribution in [2.45, 2.75) is 12.5 Å². The summed E-state index contributed by atoms with van der Waals surface area (Å²) in [6, 6.07) is 8.21. The van der Waals surface area contributed by atoms with Crippen molar-refractivity contribution in [1.82, 2.24) is 4.98 Å². The number of ether oxygens (including phenoxy) is 1. The second-order valence-electron chi connectivity index (χ2n) is 4.34. The number of anilines is 2. The van der Waals surface area contributed by atoms with Gasteiger partial charge < -0.3 is 15.8 Å². The fraction of sp³-hybridized carbons (Fsp3) is 0.308. The summed E-state index contributed by atoms with van der Waals surface area (Å²) < 4.78 is 5.36. The maximum Gasteiger partial charge on any atom is 0.0743 e. The van der Waals surface area contributed by atoms with E-state index in [1.807, 2.05) is 24.3 Å². The Hall–Kier alpha value is -1.81. The van der Waals surface area contributed by atoms with Gasteiger partial charge in [-0.25, -0.2) is 0 Å². The van der Waals surface area contributed by atoms with E-state index < -0.39 is 0 Å². The van der Waals surface area contributed by atoms with Gasteiger partial charge in [0.05, 0.1) is 18.2 Å². The van der Waals surface area contributed by atoms with Crippen LogP contribution >= 0.6 is 0 Å². The fourth-order valence-electron chi connectivity index (χ4n) is 2.16. The smallest absolute Gasteiger partial charge is 0.0743 e. The Morgan fingerprint density at radius 1 is 1.35 bits per heavy atom. The summed E-state index contributed by atoms with van der Waals surface area (Å²) in [7, 11) is 0. The van der Waals surface area contributed by atoms with Crippen molar-refractivity contribution >= 4 is 22.3 Å². The Balaban J connectivity index is 1.97. The number of hydrogen-bond donors (Lipinski definition) is 2. The van der Waals surface area contributed by atoms with Crippen molar-refractivity contribution in [1.29, 1.82) is 0 Å². The average molecular weight is 229 g/mol. The van der Waals surface area contributed by atoms with Crippen LogP contribution in [0.4, 0.5) is 11.4 Å². The molecule has 17 heavy (non-hydrogen) atoms. The van der Waals surface area contributed by atoms with E-state index in [9.17, 15) is 0 Å². The summed E-state index contributed by atoms with van der Waals surface area (Å²) in [5, 5.41) is 4.60. The van der Waals surface area contributed by atoms with Crippen LogP contribution in [0.5, 0.6) is 0 Å². The van der Waals surface area contributed by atoms with Crippen LogP contribution in [0.25, 0.3) is 10.9 Å². The predicted octanol–water partition coefficient (Wildman–Crippen LogP) is 2.02. The lowest BCUT2D eigenvalue weighted by atomic mass is 10.1. The second kappa shape index (κ2) is 4.22. The van der Waals surface area contributed by atoms with Gasteiger partial charge in [0.15, 0.2) is 0 Å². The number of pyridine rings is 1. The molecule has 0 amide bonds. The first kappa shape index (κ1) is 10.4. The van der Waals surface area contributed by atoms with Gasteiger partial charge in [-0.2, -0.15) is 0 Å². The number of nitrogens with one attached hydrogen (secondary N) is 1. The topological polar surface area (TPSA) is 60.2 Å². The molecule has 3 N–H and O–H groups in total. The molecule has 1 unspecified atom stereocenters. The number of aromatic nitrogens is 1. The molecule has 1 atom stereocenters. The van der Waals surface area contributed by atoms with Crippen LogP contribution in [0.3, 0.4) is 0 Å². The molecule has 0 radical (unpaired) electrons. The molecule has 88 valence electrons. The van der Waals surface area contributed by atoms with E-state index in [1.165, 1.54) is 0 Å². The first-order chi connectivity index (χ1) is 8.33. The lowest BCUT2D eigenvalue weighted by Crippen LogP contribution is -2.19. The van der Waals surface area contributed by atoms with Gasteiger partial charge in [0, 0.05) is 29.6 Å². The fourth-order valence-corrected chi connectivity index (χ4v) is 2.16. The number of nitrogens with zero attached hydrogens (tertiary/aromatic N) is 1. The third-order valence-corrected chi connectivity index (χ3v) is 3.06. The highest BCUT2D eigenvalue weighted by atomic mass is 16.5. The summed E-state index contributed by atoms with van der Waals surface area (Å²) in [6.45, 7) is 1.62. The molecule has 2 heterocycles. The number of rotatable bonds is 2. The molecule has 1 fully saturated rings. The van der Waals surface area contributed by atoms with Gasteiger partial charge >= 0.3 is 0 Å². The highest BCUT2D eigenvalue weighted by Crippen LogP contribution is 2.24. The zero-order valence-electron chi connectivity index (χ0n) is 9.52. The van der Waals surface area contributed by atoms with Gasteiger partial charge in [-0.1, -0.05) is 0 Å². The molecule has 1 aliphatic rings. The molecule has 4 nitrogen and oxygen atoms in total. The van der Waals surface area contributed by atoms with Crippen molar-refractivity contribution in [3.63, 3.8) is 0 Å². The lowest BCUT2D eigenvalue weighted by molar-refractivity contribution is 0.195. The molecule has 1 saturated heterocycles. The zero-order chi connectivity index (χ0) is 11.7. The maximum absolute atomic E-state index is 5.76. The van der Waals surface area contributed by atoms with Crippen LogP contribution in [0.2, 0.25) is 0 Å². The van der Waals surface area contributed by atoms with E-state index in [2.05, 4.69) is 10.3 Å². The lowest BCUT2D eigenvalue weighted by Gasteiger charge is -2.14. The molecular weight excluding hydrogens is 214 g/mol. The van der Waals surface area contributed by atoms with Gasteiger partial charge in [0.25, 0.3) is 0 Å². The SMILES string of the molecule is Nc1ccc2c(NC3CCOC3)ccnc2c1. The molecule has 0 bridgehead atoms. The first-order valence-corrected chi connectivity index (χ1v) is 5.81. The molecule has 3 rings (SSSR count). The summed E-state index contributed by atoms with van der Waals surface area (Å²) >= 11 is 0. The minimum Gasteiger partial charge on any atom is -0.399 e. The highest BCUT2D eigenvalue weighted by Gasteiger charge is 2.15. The normalized spacial score (nSPS) is 19.6. The molecule has 1 aromatic carbocycles. The number of benzene rings is 1. The Morgan fingerprint density at radius 3 is 3.12 bits per heavy atom. The molecule has 0 saturated carbocycles. The number of nitrogen functional groups attached to an aromatic ring is 1. The van der Waals surface area contributed by atoms with E-state index in [4.69, 9.17) is 10.5 Å². The van der Waals surface area contributed by atoms with E-state index in [-0.39, 0.29) is 0 Å². The van der Waals surface area contributed by atoms with Gasteiger partial charge in [0.1, 0.15) is 0 Å². The van der Waals surface area contributed by atoms with Crippen LogP contribution in [-0.4, -0.2) is 24.2 Å². The third kappa shape index (κ3) is 2.03. The number of hydrogen-bond acceptors (Lipinski definition) is 4. The molecule has 1 aromatic heterocycles. The Kier molecular flexibility index (Phi) is 2.57. The summed E-state index contributed by atoms with van der Waals surface area (Å²) in [4.78, 5) is 4.33. The van der Waals surface area contributed by atoms with Crippen molar-refractivity contribution in [2.24, 2.45) is 0 Å². The summed E-state index contributed by atoms with van der Waals surface area (Å²) in [5.74, 6) is 0. The molecule has 1 aliphatic heterocycles. The minimum atomic E-state index is 0.401. The molecule has 0 aliphatic carbocycles. The molecule has 0 spiro atoms. The van der Waals surface area contributed by atoms with Crippen LogP contribution in [0.1, 0.15) is 6.42 Å². The highest BCUT2D eigenvalue weighted by molar-refractivity contribution is 5.92. The van der Waals surface area contributed by atoms with E-state index >= 15 is 0 Å². The van der Waals surface area contributed by atoms with E-state index in [0.717, 1.165) is 41.9 Å². The quantitative estimate of drug-likeness (QED) is 0.773. The molecular formula is C13H15N3O. The van der Waals surface area contributed by atoms with Crippen LogP contribution in [0.15, 0.2) is 30.5 Å². The number of fused-ring (bicyclic) bond motifs is 1. The Morgan fingerprint density at radius 2 is 2.29 bits per heavy atom. The van der Waals surface area contributed by atoms with Crippen molar-refractivity contribution in [3.05, 3.63) is 30.5 Å². The average Bonchev–Trinajstić information content (AvgIpc) is 2.82. The van der Waals surface area contributed by atoms with E-state index in [1.54, 1.807) is 6.20 Å². The summed E-state index contributed by atoms with van der Waals surface area (Å²) in [5.41, 5.74) is 8.53. The van der Waals surface area contributed by atoms with Gasteiger partial charge in [-0.05, 0) is 30.7 Å². The van der Waals surface area contributed by atoms with Gasteiger partial charge in [0.2, 0.25) is 0 Å². The standard InChI is InChI=1S/C13H15N3O/c14-9-1-2-11-12(3-5-15-13(11)7-9)16-10-4-6-17-8-10/h1-3,5,7,10H,4,6,8,14H2,(H,15,16). The van der Waals surface area contributed by atoms with Crippen molar-refractivity contribution in [3.8, 4) is 0 Å². The monoisotopic (exact) mass is 229 g/mol. The third-order valence-electron chi connectivity index (χ3n) is 3.06. The number of nitrogens with two attached hydrogens (primary N) is 1. The van der Waals surface area contributed by atoms with Crippen molar-refractivity contribution in [2.75, 3.05) is 24.3 Å². The predicted molar refractivity (Wildman–Crippen MR) is 69.0 cm³/mol. The first-order valence-electron chi connectivity index (χ1n) is 5.81.